The molecule has 1 heterocycles. The van der Waals surface area contributed by atoms with Crippen LogP contribution in [-0.4, -0.2) is 21.7 Å². The molecule has 108 valence electrons. The zero-order chi connectivity index (χ0) is 14.4. The summed E-state index contributed by atoms with van der Waals surface area (Å²) in [6, 6.07) is 8.88. The second kappa shape index (κ2) is 6.66. The van der Waals surface area contributed by atoms with Crippen molar-refractivity contribution in [2.24, 2.45) is 0 Å². The van der Waals surface area contributed by atoms with Crippen LogP contribution in [0.25, 0.3) is 0 Å². The molecule has 2 rings (SSSR count). The molecule has 0 atom stereocenters. The standard InChI is InChI=1S/C16H24N4/c1-16(2,3)14-8-6-13(7-9-14)11-17-10-4-5-15-18-12-19-20-15/h6-9,12,17H,4-5,10-11H2,1-3H3,(H,18,19,20). The molecular weight excluding hydrogens is 248 g/mol. The number of aryl methyl sites for hydroxylation is 1. The zero-order valence-corrected chi connectivity index (χ0v) is 12.6. The van der Waals surface area contributed by atoms with Gasteiger partial charge in [-0.15, -0.1) is 0 Å². The molecule has 0 aliphatic carbocycles. The average Bonchev–Trinajstić information content (AvgIpc) is 2.91. The van der Waals surface area contributed by atoms with Crippen molar-refractivity contribution < 1.29 is 0 Å². The van der Waals surface area contributed by atoms with E-state index in [1.807, 2.05) is 0 Å². The maximum atomic E-state index is 4.11. The van der Waals surface area contributed by atoms with Crippen molar-refractivity contribution in [3.05, 3.63) is 47.5 Å². The Balaban J connectivity index is 1.69. The lowest BCUT2D eigenvalue weighted by Gasteiger charge is -2.19. The van der Waals surface area contributed by atoms with Crippen molar-refractivity contribution >= 4 is 0 Å². The summed E-state index contributed by atoms with van der Waals surface area (Å²) >= 11 is 0. The minimum Gasteiger partial charge on any atom is -0.313 e. The highest BCUT2D eigenvalue weighted by atomic mass is 15.2. The van der Waals surface area contributed by atoms with Gasteiger partial charge in [0.05, 0.1) is 0 Å². The van der Waals surface area contributed by atoms with Gasteiger partial charge in [0.25, 0.3) is 0 Å². The molecule has 0 bridgehead atoms. The number of benzene rings is 1. The summed E-state index contributed by atoms with van der Waals surface area (Å²) < 4.78 is 0. The minimum atomic E-state index is 0.225. The Bertz CT molecular complexity index is 494. The summed E-state index contributed by atoms with van der Waals surface area (Å²) in [6.45, 7) is 8.62. The van der Waals surface area contributed by atoms with Gasteiger partial charge < -0.3 is 5.32 Å². The first kappa shape index (κ1) is 14.7. The van der Waals surface area contributed by atoms with E-state index in [2.05, 4.69) is 65.5 Å². The molecule has 0 saturated carbocycles. The molecule has 0 saturated heterocycles. The van der Waals surface area contributed by atoms with Crippen LogP contribution in [0.5, 0.6) is 0 Å². The molecule has 0 aliphatic heterocycles. The van der Waals surface area contributed by atoms with Crippen molar-refractivity contribution in [1.82, 2.24) is 20.5 Å². The van der Waals surface area contributed by atoms with E-state index in [1.165, 1.54) is 11.1 Å². The fourth-order valence-corrected chi connectivity index (χ4v) is 2.09. The summed E-state index contributed by atoms with van der Waals surface area (Å²) in [5, 5.41) is 10.2. The number of nitrogens with zero attached hydrogens (tertiary/aromatic N) is 2. The second-order valence-electron chi connectivity index (χ2n) is 6.16. The monoisotopic (exact) mass is 272 g/mol. The van der Waals surface area contributed by atoms with E-state index in [9.17, 15) is 0 Å². The van der Waals surface area contributed by atoms with Crippen LogP contribution in [0, 0.1) is 0 Å². The predicted octanol–water partition coefficient (Wildman–Crippen LogP) is 2.82. The lowest BCUT2D eigenvalue weighted by atomic mass is 9.87. The molecule has 0 amide bonds. The summed E-state index contributed by atoms with van der Waals surface area (Å²) in [4.78, 5) is 4.11. The largest absolute Gasteiger partial charge is 0.313 e. The van der Waals surface area contributed by atoms with Crippen LogP contribution in [-0.2, 0) is 18.4 Å². The van der Waals surface area contributed by atoms with Gasteiger partial charge in [-0.2, -0.15) is 5.10 Å². The molecule has 1 aromatic carbocycles. The molecule has 0 radical (unpaired) electrons. The van der Waals surface area contributed by atoms with Crippen molar-refractivity contribution in [3.8, 4) is 0 Å². The average molecular weight is 272 g/mol. The molecule has 2 aromatic rings. The number of nitrogens with one attached hydrogen (secondary N) is 2. The van der Waals surface area contributed by atoms with Gasteiger partial charge in [0.15, 0.2) is 0 Å². The fourth-order valence-electron chi connectivity index (χ4n) is 2.09. The number of aromatic amines is 1. The first-order chi connectivity index (χ1) is 9.55. The Morgan fingerprint density at radius 1 is 1.15 bits per heavy atom. The van der Waals surface area contributed by atoms with Crippen LogP contribution >= 0.6 is 0 Å². The number of hydrogen-bond acceptors (Lipinski definition) is 3. The van der Waals surface area contributed by atoms with Crippen molar-refractivity contribution in [2.45, 2.75) is 45.6 Å². The first-order valence-electron chi connectivity index (χ1n) is 7.20. The van der Waals surface area contributed by atoms with Crippen LogP contribution in [0.1, 0.15) is 44.1 Å². The summed E-state index contributed by atoms with van der Waals surface area (Å²) in [5.74, 6) is 0.960. The molecule has 2 N–H and O–H groups in total. The third-order valence-electron chi connectivity index (χ3n) is 3.38. The third kappa shape index (κ3) is 4.46. The molecule has 0 fully saturated rings. The van der Waals surface area contributed by atoms with E-state index in [0.717, 1.165) is 31.8 Å². The Hall–Kier alpha value is -1.68. The summed E-state index contributed by atoms with van der Waals surface area (Å²) in [6.07, 6.45) is 3.56. The van der Waals surface area contributed by atoms with Crippen LogP contribution in [0.2, 0.25) is 0 Å². The van der Waals surface area contributed by atoms with E-state index >= 15 is 0 Å². The highest BCUT2D eigenvalue weighted by Gasteiger charge is 2.12. The van der Waals surface area contributed by atoms with E-state index < -0.39 is 0 Å². The maximum Gasteiger partial charge on any atom is 0.137 e. The van der Waals surface area contributed by atoms with E-state index in [4.69, 9.17) is 0 Å². The molecule has 1 aromatic heterocycles. The SMILES string of the molecule is CC(C)(C)c1ccc(CNCCCc2ncn[nH]2)cc1. The van der Waals surface area contributed by atoms with Crippen LogP contribution in [0.15, 0.2) is 30.6 Å². The van der Waals surface area contributed by atoms with Crippen LogP contribution < -0.4 is 5.32 Å². The maximum absolute atomic E-state index is 4.11. The number of hydrogen-bond donors (Lipinski definition) is 2. The van der Waals surface area contributed by atoms with Crippen LogP contribution in [0.4, 0.5) is 0 Å². The Morgan fingerprint density at radius 3 is 2.50 bits per heavy atom. The fraction of sp³-hybridized carbons (Fsp3) is 0.500. The van der Waals surface area contributed by atoms with Crippen LogP contribution in [0.3, 0.4) is 0 Å². The highest BCUT2D eigenvalue weighted by molar-refractivity contribution is 5.27. The molecule has 0 spiro atoms. The topological polar surface area (TPSA) is 53.6 Å². The summed E-state index contributed by atoms with van der Waals surface area (Å²) in [5.41, 5.74) is 2.94. The molecule has 0 aliphatic rings. The Kier molecular flexibility index (Phi) is 4.90. The van der Waals surface area contributed by atoms with Gasteiger partial charge in [0.1, 0.15) is 12.2 Å². The lowest BCUT2D eigenvalue weighted by Crippen LogP contribution is -2.16. The quantitative estimate of drug-likeness (QED) is 0.795. The number of H-pyrrole nitrogens is 1. The molecule has 4 nitrogen and oxygen atoms in total. The summed E-state index contributed by atoms with van der Waals surface area (Å²) in [7, 11) is 0. The zero-order valence-electron chi connectivity index (χ0n) is 12.6. The molecule has 20 heavy (non-hydrogen) atoms. The van der Waals surface area contributed by atoms with Gasteiger partial charge in [-0.1, -0.05) is 45.0 Å². The lowest BCUT2D eigenvalue weighted by molar-refractivity contribution is 0.589. The minimum absolute atomic E-state index is 0.225. The van der Waals surface area contributed by atoms with Gasteiger partial charge in [0, 0.05) is 13.0 Å². The molecule has 4 heteroatoms. The van der Waals surface area contributed by atoms with E-state index in [1.54, 1.807) is 6.33 Å². The van der Waals surface area contributed by atoms with E-state index in [0.29, 0.717) is 0 Å². The van der Waals surface area contributed by atoms with Crippen molar-refractivity contribution in [2.75, 3.05) is 6.54 Å². The highest BCUT2D eigenvalue weighted by Crippen LogP contribution is 2.22. The van der Waals surface area contributed by atoms with Crippen molar-refractivity contribution in [3.63, 3.8) is 0 Å². The third-order valence-corrected chi connectivity index (χ3v) is 3.38. The normalized spacial score (nSPS) is 11.8. The predicted molar refractivity (Wildman–Crippen MR) is 81.6 cm³/mol. The molecule has 0 unspecified atom stereocenters. The second-order valence-corrected chi connectivity index (χ2v) is 6.16. The molecular formula is C16H24N4. The van der Waals surface area contributed by atoms with Gasteiger partial charge in [-0.3, -0.25) is 5.10 Å². The van der Waals surface area contributed by atoms with Crippen molar-refractivity contribution in [1.29, 1.82) is 0 Å². The Morgan fingerprint density at radius 2 is 1.90 bits per heavy atom. The van der Waals surface area contributed by atoms with Gasteiger partial charge in [-0.05, 0) is 29.5 Å². The smallest absolute Gasteiger partial charge is 0.137 e. The van der Waals surface area contributed by atoms with Gasteiger partial charge >= 0.3 is 0 Å². The van der Waals surface area contributed by atoms with Gasteiger partial charge in [0.2, 0.25) is 0 Å². The number of aromatic nitrogens is 3. The number of rotatable bonds is 6. The Labute approximate surface area is 121 Å². The first-order valence-corrected chi connectivity index (χ1v) is 7.20. The van der Waals surface area contributed by atoms with Gasteiger partial charge in [-0.25, -0.2) is 4.98 Å². The van der Waals surface area contributed by atoms with E-state index in [-0.39, 0.29) is 5.41 Å².